The molecule has 4 aromatic rings. The summed E-state index contributed by atoms with van der Waals surface area (Å²) in [7, 11) is 0. The first-order valence-corrected chi connectivity index (χ1v) is 11.2. The zero-order valence-electron chi connectivity index (χ0n) is 15.7. The first-order chi connectivity index (χ1) is 14.0. The molecule has 146 valence electrons. The lowest BCUT2D eigenvalue weighted by atomic mass is 10.0. The summed E-state index contributed by atoms with van der Waals surface area (Å²) in [4.78, 5) is 13.5. The molecule has 0 radical (unpaired) electrons. The maximum absolute atomic E-state index is 13.2. The predicted octanol–water partition coefficient (Wildman–Crippen LogP) is 6.40. The maximum Gasteiger partial charge on any atom is 0.265 e. The van der Waals surface area contributed by atoms with Crippen molar-refractivity contribution in [1.29, 1.82) is 0 Å². The van der Waals surface area contributed by atoms with Gasteiger partial charge in [0.15, 0.2) is 0 Å². The first-order valence-electron chi connectivity index (χ1n) is 9.02. The molecule has 0 aliphatic carbocycles. The molecule has 1 amide bonds. The Kier molecular flexibility index (Phi) is 5.56. The molecule has 0 aliphatic rings. The van der Waals surface area contributed by atoms with Gasteiger partial charge in [-0.3, -0.25) is 4.79 Å². The van der Waals surface area contributed by atoms with Crippen molar-refractivity contribution in [2.24, 2.45) is 0 Å². The summed E-state index contributed by atoms with van der Waals surface area (Å²) in [6.45, 7) is 0. The van der Waals surface area contributed by atoms with E-state index in [9.17, 15) is 9.18 Å². The van der Waals surface area contributed by atoms with E-state index in [-0.39, 0.29) is 11.7 Å². The van der Waals surface area contributed by atoms with Crippen molar-refractivity contribution < 1.29 is 9.18 Å². The average molecular weight is 423 g/mol. The highest BCUT2D eigenvalue weighted by Crippen LogP contribution is 2.31. The van der Waals surface area contributed by atoms with Crippen molar-refractivity contribution in [2.45, 2.75) is 5.75 Å². The quantitative estimate of drug-likeness (QED) is 0.366. The van der Waals surface area contributed by atoms with Crippen molar-refractivity contribution in [2.75, 3.05) is 17.3 Å². The van der Waals surface area contributed by atoms with E-state index in [0.717, 1.165) is 27.0 Å². The number of amides is 1. The summed E-state index contributed by atoms with van der Waals surface area (Å²) in [5.41, 5.74) is 10.0. The Balaban J connectivity index is 1.60. The van der Waals surface area contributed by atoms with Gasteiger partial charge in [0.1, 0.15) is 5.82 Å². The number of nitrogen functional groups attached to an aromatic ring is 1. The van der Waals surface area contributed by atoms with Gasteiger partial charge in [0.05, 0.1) is 16.3 Å². The lowest BCUT2D eigenvalue weighted by molar-refractivity contribution is 0.103. The van der Waals surface area contributed by atoms with Crippen LogP contribution < -0.4 is 11.1 Å². The summed E-state index contributed by atoms with van der Waals surface area (Å²) in [6, 6.07) is 19.8. The zero-order valence-corrected chi connectivity index (χ0v) is 17.4. The Labute approximate surface area is 176 Å². The highest BCUT2D eigenvalue weighted by atomic mass is 32.2. The molecule has 0 aliphatic heterocycles. The minimum absolute atomic E-state index is 0.194. The van der Waals surface area contributed by atoms with Crippen LogP contribution in [0.2, 0.25) is 0 Å². The number of thiophene rings is 1. The molecular weight excluding hydrogens is 403 g/mol. The van der Waals surface area contributed by atoms with Gasteiger partial charge in [0, 0.05) is 10.5 Å². The van der Waals surface area contributed by atoms with Crippen LogP contribution in [0.4, 0.5) is 15.8 Å². The van der Waals surface area contributed by atoms with Gasteiger partial charge in [-0.25, -0.2) is 4.39 Å². The van der Waals surface area contributed by atoms with Gasteiger partial charge in [-0.05, 0) is 70.8 Å². The molecule has 0 saturated heterocycles. The smallest absolute Gasteiger partial charge is 0.265 e. The van der Waals surface area contributed by atoms with Crippen molar-refractivity contribution in [3.8, 4) is 11.1 Å². The second kappa shape index (κ2) is 8.27. The van der Waals surface area contributed by atoms with Crippen LogP contribution in [0.15, 0.2) is 66.7 Å². The average Bonchev–Trinajstić information content (AvgIpc) is 3.14. The fourth-order valence-electron chi connectivity index (χ4n) is 3.13. The van der Waals surface area contributed by atoms with Crippen molar-refractivity contribution in [1.82, 2.24) is 0 Å². The molecular formula is C23H19FN2OS2. The normalized spacial score (nSPS) is 11.0. The molecule has 0 bridgehead atoms. The van der Waals surface area contributed by atoms with Gasteiger partial charge in [-0.1, -0.05) is 24.3 Å². The summed E-state index contributed by atoms with van der Waals surface area (Å²) in [6.07, 6.45) is 2.07. The van der Waals surface area contributed by atoms with E-state index in [1.807, 2.05) is 18.2 Å². The Morgan fingerprint density at radius 1 is 1.03 bits per heavy atom. The summed E-state index contributed by atoms with van der Waals surface area (Å²) in [5.74, 6) is 0.462. The van der Waals surface area contributed by atoms with Crippen molar-refractivity contribution in [3.63, 3.8) is 0 Å². The first kappa shape index (κ1) is 19.5. The number of hydrogen-bond donors (Lipinski definition) is 2. The highest BCUT2D eigenvalue weighted by molar-refractivity contribution is 7.97. The third kappa shape index (κ3) is 4.28. The van der Waals surface area contributed by atoms with Gasteiger partial charge in [-0.15, -0.1) is 11.3 Å². The SMILES string of the molecule is CSCc1ccc2sc(C(=O)Nc3cc(-c4ccc(F)cc4)ccc3N)cc2c1. The molecule has 0 atom stereocenters. The number of hydrogen-bond acceptors (Lipinski definition) is 4. The van der Waals surface area contributed by atoms with Crippen LogP contribution in [0.25, 0.3) is 21.2 Å². The summed E-state index contributed by atoms with van der Waals surface area (Å²) in [5, 5.41) is 3.99. The number of thioether (sulfide) groups is 1. The Bertz CT molecular complexity index is 1190. The summed E-state index contributed by atoms with van der Waals surface area (Å²) < 4.78 is 14.3. The fraction of sp³-hybridized carbons (Fsp3) is 0.0870. The van der Waals surface area contributed by atoms with Crippen LogP contribution >= 0.6 is 23.1 Å². The monoisotopic (exact) mass is 422 g/mol. The molecule has 0 spiro atoms. The largest absolute Gasteiger partial charge is 0.397 e. The van der Waals surface area contributed by atoms with E-state index < -0.39 is 0 Å². The lowest BCUT2D eigenvalue weighted by Crippen LogP contribution is -2.11. The van der Waals surface area contributed by atoms with Gasteiger partial charge < -0.3 is 11.1 Å². The summed E-state index contributed by atoms with van der Waals surface area (Å²) >= 11 is 3.23. The molecule has 1 heterocycles. The lowest BCUT2D eigenvalue weighted by Gasteiger charge is -2.10. The topological polar surface area (TPSA) is 55.1 Å². The Morgan fingerprint density at radius 3 is 2.55 bits per heavy atom. The third-order valence-electron chi connectivity index (χ3n) is 4.59. The Morgan fingerprint density at radius 2 is 1.79 bits per heavy atom. The molecule has 3 aromatic carbocycles. The molecule has 3 nitrogen and oxygen atoms in total. The molecule has 29 heavy (non-hydrogen) atoms. The highest BCUT2D eigenvalue weighted by Gasteiger charge is 2.13. The minimum atomic E-state index is -0.289. The number of carbonyl (C=O) groups excluding carboxylic acids is 1. The molecule has 3 N–H and O–H groups in total. The van der Waals surface area contributed by atoms with E-state index in [0.29, 0.717) is 16.3 Å². The number of rotatable bonds is 5. The zero-order chi connectivity index (χ0) is 20.4. The second-order valence-electron chi connectivity index (χ2n) is 6.68. The molecule has 4 rings (SSSR count). The third-order valence-corrected chi connectivity index (χ3v) is 6.33. The van der Waals surface area contributed by atoms with E-state index in [1.165, 1.54) is 29.0 Å². The second-order valence-corrected chi connectivity index (χ2v) is 8.63. The van der Waals surface area contributed by atoms with Crippen LogP contribution in [0.1, 0.15) is 15.2 Å². The van der Waals surface area contributed by atoms with Crippen LogP contribution in [0, 0.1) is 5.82 Å². The van der Waals surface area contributed by atoms with Crippen LogP contribution in [-0.4, -0.2) is 12.2 Å². The maximum atomic E-state index is 13.2. The van der Waals surface area contributed by atoms with Gasteiger partial charge in [0.25, 0.3) is 5.91 Å². The standard InChI is InChI=1S/C23H19FN2OS2/c1-28-13-14-2-9-21-17(10-14)12-22(29-21)23(27)26-20-11-16(5-8-19(20)25)15-3-6-18(24)7-4-15/h2-12H,13,25H2,1H3,(H,26,27). The molecule has 1 aromatic heterocycles. The van der Waals surface area contributed by atoms with Crippen molar-refractivity contribution in [3.05, 3.63) is 83.0 Å². The number of benzene rings is 3. The minimum Gasteiger partial charge on any atom is -0.397 e. The van der Waals surface area contributed by atoms with Crippen molar-refractivity contribution >= 4 is 50.5 Å². The van der Waals surface area contributed by atoms with Crippen LogP contribution in [-0.2, 0) is 5.75 Å². The van der Waals surface area contributed by atoms with Gasteiger partial charge in [0.2, 0.25) is 0 Å². The number of halogens is 1. The van der Waals surface area contributed by atoms with Crippen LogP contribution in [0.3, 0.4) is 0 Å². The molecule has 0 fully saturated rings. The Hall–Kier alpha value is -2.83. The van der Waals surface area contributed by atoms with E-state index in [1.54, 1.807) is 30.0 Å². The van der Waals surface area contributed by atoms with Crippen LogP contribution in [0.5, 0.6) is 0 Å². The van der Waals surface area contributed by atoms with E-state index in [2.05, 4.69) is 29.8 Å². The number of carbonyl (C=O) groups is 1. The number of fused-ring (bicyclic) bond motifs is 1. The molecule has 6 heteroatoms. The number of nitrogens with one attached hydrogen (secondary N) is 1. The van der Waals surface area contributed by atoms with Gasteiger partial charge >= 0.3 is 0 Å². The molecule has 0 unspecified atom stereocenters. The predicted molar refractivity (Wildman–Crippen MR) is 123 cm³/mol. The molecule has 0 saturated carbocycles. The fourth-order valence-corrected chi connectivity index (χ4v) is 4.58. The van der Waals surface area contributed by atoms with Gasteiger partial charge in [-0.2, -0.15) is 11.8 Å². The van der Waals surface area contributed by atoms with E-state index >= 15 is 0 Å². The number of anilines is 2. The number of nitrogens with two attached hydrogens (primary N) is 1. The van der Waals surface area contributed by atoms with E-state index in [4.69, 9.17) is 5.73 Å².